The zero-order valence-electron chi connectivity index (χ0n) is 8.95. The van der Waals surface area contributed by atoms with E-state index in [1.807, 2.05) is 0 Å². The zero-order valence-corrected chi connectivity index (χ0v) is 8.95. The fraction of sp³-hybridized carbons (Fsp3) is 0.818. The Kier molecular flexibility index (Phi) is 4.75. The number of hydrogen-bond acceptors (Lipinski definition) is 3. The van der Waals surface area contributed by atoms with Gasteiger partial charge in [0.1, 0.15) is 5.78 Å². The molecule has 1 aliphatic carbocycles. The Labute approximate surface area is 89.8 Å². The first kappa shape index (κ1) is 12.2. The smallest absolute Gasteiger partial charge is 0.307 e. The van der Waals surface area contributed by atoms with Crippen molar-refractivity contribution in [2.24, 2.45) is 17.6 Å². The van der Waals surface area contributed by atoms with E-state index < -0.39 is 11.9 Å². The van der Waals surface area contributed by atoms with Crippen molar-refractivity contribution >= 4 is 11.8 Å². The third-order valence-electron chi connectivity index (χ3n) is 3.14. The van der Waals surface area contributed by atoms with Crippen molar-refractivity contribution in [3.63, 3.8) is 0 Å². The third-order valence-corrected chi connectivity index (χ3v) is 3.14. The van der Waals surface area contributed by atoms with Gasteiger partial charge in [-0.25, -0.2) is 0 Å². The van der Waals surface area contributed by atoms with Crippen molar-refractivity contribution in [2.75, 3.05) is 6.54 Å². The minimum atomic E-state index is -0.827. The molecule has 1 aliphatic rings. The van der Waals surface area contributed by atoms with Crippen molar-refractivity contribution in [3.05, 3.63) is 0 Å². The summed E-state index contributed by atoms with van der Waals surface area (Å²) in [5.41, 5.74) is 5.33. The average Bonchev–Trinajstić information content (AvgIpc) is 2.42. The lowest BCUT2D eigenvalue weighted by Crippen LogP contribution is -2.30. The van der Waals surface area contributed by atoms with Gasteiger partial charge < -0.3 is 10.8 Å². The molecule has 1 saturated carbocycles. The lowest BCUT2D eigenvalue weighted by Gasteiger charge is -2.19. The Balaban J connectivity index is 2.69. The predicted molar refractivity (Wildman–Crippen MR) is 56.4 cm³/mol. The highest BCUT2D eigenvalue weighted by molar-refractivity contribution is 5.86. The Morgan fingerprint density at radius 3 is 2.27 bits per heavy atom. The van der Waals surface area contributed by atoms with Crippen LogP contribution < -0.4 is 5.73 Å². The Morgan fingerprint density at radius 2 is 1.73 bits per heavy atom. The molecule has 0 spiro atoms. The van der Waals surface area contributed by atoms with Gasteiger partial charge in [0.05, 0.1) is 5.92 Å². The molecule has 0 aromatic carbocycles. The minimum Gasteiger partial charge on any atom is -0.481 e. The maximum atomic E-state index is 11.7. The summed E-state index contributed by atoms with van der Waals surface area (Å²) >= 11 is 0. The number of hydrogen-bond donors (Lipinski definition) is 2. The first-order valence-corrected chi connectivity index (χ1v) is 5.62. The number of nitrogens with two attached hydrogens (primary N) is 1. The van der Waals surface area contributed by atoms with Crippen LogP contribution in [0.25, 0.3) is 0 Å². The van der Waals surface area contributed by atoms with E-state index in [1.54, 1.807) is 0 Å². The molecule has 0 radical (unpaired) electrons. The summed E-state index contributed by atoms with van der Waals surface area (Å²) in [6.07, 6.45) is 4.59. The standard InChI is InChI=1S/C11H19NO3/c12-7-6-10(13)8-4-2-1-3-5-9(8)11(14)15/h8-9H,1-7,12H2,(H,14,15). The van der Waals surface area contributed by atoms with Crippen LogP contribution in [0, 0.1) is 11.8 Å². The molecule has 2 atom stereocenters. The highest BCUT2D eigenvalue weighted by atomic mass is 16.4. The van der Waals surface area contributed by atoms with E-state index in [-0.39, 0.29) is 11.7 Å². The second-order valence-electron chi connectivity index (χ2n) is 4.19. The SMILES string of the molecule is NCCC(=O)C1CCCCCC1C(=O)O. The van der Waals surface area contributed by atoms with E-state index in [0.717, 1.165) is 25.7 Å². The summed E-state index contributed by atoms with van der Waals surface area (Å²) in [5.74, 6) is -1.57. The van der Waals surface area contributed by atoms with E-state index in [2.05, 4.69) is 0 Å². The second kappa shape index (κ2) is 5.85. The van der Waals surface area contributed by atoms with Gasteiger partial charge in [-0.15, -0.1) is 0 Å². The predicted octanol–water partition coefficient (Wildman–Crippen LogP) is 1.19. The quantitative estimate of drug-likeness (QED) is 0.687. The van der Waals surface area contributed by atoms with Crippen LogP contribution in [0.2, 0.25) is 0 Å². The summed E-state index contributed by atoms with van der Waals surface area (Å²) < 4.78 is 0. The van der Waals surface area contributed by atoms with Crippen molar-refractivity contribution < 1.29 is 14.7 Å². The molecule has 0 saturated heterocycles. The number of rotatable bonds is 4. The van der Waals surface area contributed by atoms with Gasteiger partial charge in [0, 0.05) is 12.3 Å². The number of ketones is 1. The van der Waals surface area contributed by atoms with Crippen LogP contribution in [0.5, 0.6) is 0 Å². The van der Waals surface area contributed by atoms with E-state index in [4.69, 9.17) is 10.8 Å². The van der Waals surface area contributed by atoms with Crippen LogP contribution >= 0.6 is 0 Å². The third kappa shape index (κ3) is 3.30. The average molecular weight is 213 g/mol. The lowest BCUT2D eigenvalue weighted by molar-refractivity contribution is -0.147. The normalized spacial score (nSPS) is 27.0. The molecule has 2 unspecified atom stereocenters. The van der Waals surface area contributed by atoms with Crippen LogP contribution in [-0.4, -0.2) is 23.4 Å². The van der Waals surface area contributed by atoms with Crippen molar-refractivity contribution in [1.29, 1.82) is 0 Å². The van der Waals surface area contributed by atoms with E-state index in [0.29, 0.717) is 19.4 Å². The van der Waals surface area contributed by atoms with Crippen LogP contribution in [-0.2, 0) is 9.59 Å². The van der Waals surface area contributed by atoms with Crippen molar-refractivity contribution in [2.45, 2.75) is 38.5 Å². The van der Waals surface area contributed by atoms with Crippen molar-refractivity contribution in [3.8, 4) is 0 Å². The summed E-state index contributed by atoms with van der Waals surface area (Å²) in [7, 11) is 0. The molecule has 0 bridgehead atoms. The second-order valence-corrected chi connectivity index (χ2v) is 4.19. The molecular formula is C11H19NO3. The van der Waals surface area contributed by atoms with E-state index >= 15 is 0 Å². The number of carboxylic acid groups (broad SMARTS) is 1. The molecule has 0 amide bonds. The van der Waals surface area contributed by atoms with Crippen molar-refractivity contribution in [1.82, 2.24) is 0 Å². The first-order chi connectivity index (χ1) is 7.16. The Bertz CT molecular complexity index is 240. The van der Waals surface area contributed by atoms with Crippen LogP contribution in [0.4, 0.5) is 0 Å². The van der Waals surface area contributed by atoms with Gasteiger partial charge in [-0.2, -0.15) is 0 Å². The molecular weight excluding hydrogens is 194 g/mol. The molecule has 0 heterocycles. The van der Waals surface area contributed by atoms with Crippen LogP contribution in [0.1, 0.15) is 38.5 Å². The molecule has 15 heavy (non-hydrogen) atoms. The molecule has 0 aromatic heterocycles. The van der Waals surface area contributed by atoms with E-state index in [1.165, 1.54) is 0 Å². The summed E-state index contributed by atoms with van der Waals surface area (Å²) in [5, 5.41) is 9.07. The van der Waals surface area contributed by atoms with Gasteiger partial charge in [0.15, 0.2) is 0 Å². The first-order valence-electron chi connectivity index (χ1n) is 5.62. The number of carbonyl (C=O) groups excluding carboxylic acids is 1. The summed E-state index contributed by atoms with van der Waals surface area (Å²) in [6.45, 7) is 0.321. The zero-order chi connectivity index (χ0) is 11.3. The topological polar surface area (TPSA) is 80.4 Å². The van der Waals surface area contributed by atoms with Gasteiger partial charge in [0.25, 0.3) is 0 Å². The molecule has 4 heteroatoms. The number of aliphatic carboxylic acids is 1. The summed E-state index contributed by atoms with van der Waals surface area (Å²) in [4.78, 5) is 22.8. The van der Waals surface area contributed by atoms with Gasteiger partial charge in [0.2, 0.25) is 0 Å². The van der Waals surface area contributed by atoms with Crippen LogP contribution in [0.3, 0.4) is 0 Å². The molecule has 86 valence electrons. The van der Waals surface area contributed by atoms with Gasteiger partial charge in [-0.3, -0.25) is 9.59 Å². The molecule has 3 N–H and O–H groups in total. The van der Waals surface area contributed by atoms with Gasteiger partial charge in [-0.05, 0) is 19.4 Å². The Hall–Kier alpha value is -0.900. The molecule has 0 aliphatic heterocycles. The molecule has 4 nitrogen and oxygen atoms in total. The van der Waals surface area contributed by atoms with Gasteiger partial charge >= 0.3 is 5.97 Å². The number of carbonyl (C=O) groups is 2. The molecule has 1 fully saturated rings. The maximum Gasteiger partial charge on any atom is 0.307 e. The molecule has 0 aromatic rings. The van der Waals surface area contributed by atoms with Crippen LogP contribution in [0.15, 0.2) is 0 Å². The monoisotopic (exact) mass is 213 g/mol. The highest BCUT2D eigenvalue weighted by Gasteiger charge is 2.33. The van der Waals surface area contributed by atoms with Gasteiger partial charge in [-0.1, -0.05) is 19.3 Å². The molecule has 1 rings (SSSR count). The minimum absolute atomic E-state index is 0.0341. The maximum absolute atomic E-state index is 11.7. The fourth-order valence-corrected chi connectivity index (χ4v) is 2.32. The fourth-order valence-electron chi connectivity index (χ4n) is 2.32. The number of Topliss-reactive ketones (excluding diaryl/α,β-unsaturated/α-hetero) is 1. The largest absolute Gasteiger partial charge is 0.481 e. The summed E-state index contributed by atoms with van der Waals surface area (Å²) in [6, 6.07) is 0. The lowest BCUT2D eigenvalue weighted by atomic mass is 9.83. The van der Waals surface area contributed by atoms with E-state index in [9.17, 15) is 9.59 Å². The highest BCUT2D eigenvalue weighted by Crippen LogP contribution is 2.30. The Morgan fingerprint density at radius 1 is 1.13 bits per heavy atom. The number of carboxylic acids is 1.